The summed E-state index contributed by atoms with van der Waals surface area (Å²) >= 11 is 5.45. The summed E-state index contributed by atoms with van der Waals surface area (Å²) in [6.07, 6.45) is -0.973. The van der Waals surface area contributed by atoms with Crippen LogP contribution in [0.5, 0.6) is 0 Å². The number of fused-ring (bicyclic) bond motifs is 1. The molecule has 1 atom stereocenters. The summed E-state index contributed by atoms with van der Waals surface area (Å²) in [4.78, 5) is 34.5. The highest BCUT2D eigenvalue weighted by atomic mass is 35.5. The van der Waals surface area contributed by atoms with Gasteiger partial charge >= 0.3 is 0 Å². The van der Waals surface area contributed by atoms with E-state index in [4.69, 9.17) is 11.6 Å². The number of aliphatic hydroxyl groups is 1. The number of anilines is 1. The number of hydrogen-bond acceptors (Lipinski definition) is 5. The van der Waals surface area contributed by atoms with Crippen LogP contribution in [0.25, 0.3) is 0 Å². The second-order valence-electron chi connectivity index (χ2n) is 4.01. The van der Waals surface area contributed by atoms with E-state index in [2.05, 4.69) is 0 Å². The molecule has 0 radical (unpaired) electrons. The largest absolute Gasteiger partial charge is 0.390 e. The molecule has 0 spiro atoms. The summed E-state index contributed by atoms with van der Waals surface area (Å²) in [6, 6.07) is 3.57. The number of benzene rings is 1. The third-order valence-electron chi connectivity index (χ3n) is 2.74. The number of nitro benzene ring substituents is 1. The minimum atomic E-state index is -0.973. The highest BCUT2D eigenvalue weighted by molar-refractivity contribution is 6.52. The fourth-order valence-corrected chi connectivity index (χ4v) is 1.94. The number of Topliss-reactive ketones (excluding diaryl/α,β-unsaturated/α-hetero) is 1. The summed E-state index contributed by atoms with van der Waals surface area (Å²) in [5.74, 6) is -1.72. The first-order chi connectivity index (χ1) is 8.95. The molecule has 19 heavy (non-hydrogen) atoms. The Hall–Kier alpha value is -1.99. The van der Waals surface area contributed by atoms with E-state index in [1.165, 1.54) is 12.1 Å². The van der Waals surface area contributed by atoms with Gasteiger partial charge in [-0.05, 0) is 6.07 Å². The van der Waals surface area contributed by atoms with E-state index < -0.39 is 22.7 Å². The minimum absolute atomic E-state index is 0.0269. The predicted molar refractivity (Wildman–Crippen MR) is 66.5 cm³/mol. The van der Waals surface area contributed by atoms with Crippen LogP contribution in [0.15, 0.2) is 18.2 Å². The van der Waals surface area contributed by atoms with Gasteiger partial charge in [0.2, 0.25) is 0 Å². The molecule has 1 heterocycles. The molecule has 100 valence electrons. The Labute approximate surface area is 112 Å². The summed E-state index contributed by atoms with van der Waals surface area (Å²) in [5, 5.41) is 20.1. The predicted octanol–water partition coefficient (Wildman–Crippen LogP) is 0.724. The van der Waals surface area contributed by atoms with Crippen LogP contribution >= 0.6 is 11.6 Å². The number of rotatable bonds is 4. The number of hydrogen-bond donors (Lipinski definition) is 1. The molecule has 0 aromatic heterocycles. The Kier molecular flexibility index (Phi) is 3.50. The molecule has 1 aliphatic rings. The normalized spacial score (nSPS) is 15.6. The van der Waals surface area contributed by atoms with Gasteiger partial charge < -0.3 is 10.0 Å². The van der Waals surface area contributed by atoms with Gasteiger partial charge in [-0.2, -0.15) is 0 Å². The molecule has 0 fully saturated rings. The Morgan fingerprint density at radius 1 is 1.42 bits per heavy atom. The molecule has 1 aliphatic heterocycles. The average Bonchev–Trinajstić information content (AvgIpc) is 2.63. The van der Waals surface area contributed by atoms with Crippen LogP contribution in [0, 0.1) is 10.1 Å². The molecular formula is C11H9ClN2O5. The molecule has 1 aromatic carbocycles. The maximum absolute atomic E-state index is 11.7. The number of β-amino-alcohol motifs (C(OH)–C–C–N with tert-alkyl or cyclic N) is 1. The first-order valence-electron chi connectivity index (χ1n) is 5.34. The van der Waals surface area contributed by atoms with E-state index in [0.29, 0.717) is 0 Å². The third-order valence-corrected chi connectivity index (χ3v) is 3.09. The van der Waals surface area contributed by atoms with Crippen LogP contribution in [0.2, 0.25) is 0 Å². The molecule has 1 N–H and O–H groups in total. The number of nitrogens with zero attached hydrogens (tertiary/aromatic N) is 2. The van der Waals surface area contributed by atoms with Crippen molar-refractivity contribution >= 4 is 34.7 Å². The fraction of sp³-hybridized carbons (Fsp3) is 0.273. The molecular weight excluding hydrogens is 276 g/mol. The topological polar surface area (TPSA) is 101 Å². The monoisotopic (exact) mass is 284 g/mol. The van der Waals surface area contributed by atoms with Crippen molar-refractivity contribution in [3.63, 3.8) is 0 Å². The first-order valence-corrected chi connectivity index (χ1v) is 5.87. The van der Waals surface area contributed by atoms with Crippen LogP contribution in [0.3, 0.4) is 0 Å². The zero-order valence-electron chi connectivity index (χ0n) is 9.58. The molecule has 0 aliphatic carbocycles. The van der Waals surface area contributed by atoms with Gasteiger partial charge in [-0.15, -0.1) is 11.6 Å². The Balaban J connectivity index is 2.41. The zero-order chi connectivity index (χ0) is 14.2. The summed E-state index contributed by atoms with van der Waals surface area (Å²) in [6.45, 7) is -0.126. The minimum Gasteiger partial charge on any atom is -0.390 e. The van der Waals surface area contributed by atoms with Crippen molar-refractivity contribution in [2.75, 3.05) is 17.3 Å². The van der Waals surface area contributed by atoms with Gasteiger partial charge in [-0.1, -0.05) is 0 Å². The number of carbonyl (C=O) groups excluding carboxylic acids is 2. The quantitative estimate of drug-likeness (QED) is 0.380. The van der Waals surface area contributed by atoms with E-state index in [1.807, 2.05) is 0 Å². The smallest absolute Gasteiger partial charge is 0.299 e. The van der Waals surface area contributed by atoms with Gasteiger partial charge in [-0.25, -0.2) is 0 Å². The van der Waals surface area contributed by atoms with Crippen molar-refractivity contribution in [1.29, 1.82) is 0 Å². The van der Waals surface area contributed by atoms with Gasteiger partial charge in [-0.3, -0.25) is 19.7 Å². The van der Waals surface area contributed by atoms with Crippen molar-refractivity contribution < 1.29 is 19.6 Å². The number of alkyl halides is 1. The van der Waals surface area contributed by atoms with Crippen LogP contribution in [-0.2, 0) is 4.79 Å². The van der Waals surface area contributed by atoms with Gasteiger partial charge in [0.1, 0.15) is 0 Å². The second-order valence-corrected chi connectivity index (χ2v) is 4.32. The summed E-state index contributed by atoms with van der Waals surface area (Å²) in [7, 11) is 0. The number of carbonyl (C=O) groups is 2. The summed E-state index contributed by atoms with van der Waals surface area (Å²) < 4.78 is 0. The first kappa shape index (κ1) is 13.4. The number of nitro groups is 1. The molecule has 0 saturated carbocycles. The van der Waals surface area contributed by atoms with Crippen LogP contribution in [-0.4, -0.2) is 40.2 Å². The number of amides is 1. The van der Waals surface area contributed by atoms with Crippen LogP contribution in [0.1, 0.15) is 10.4 Å². The highest BCUT2D eigenvalue weighted by Crippen LogP contribution is 2.32. The Morgan fingerprint density at radius 3 is 2.68 bits per heavy atom. The van der Waals surface area contributed by atoms with E-state index in [1.54, 1.807) is 0 Å². The summed E-state index contributed by atoms with van der Waals surface area (Å²) in [5.41, 5.74) is -0.0367. The van der Waals surface area contributed by atoms with Gasteiger partial charge in [0, 0.05) is 12.1 Å². The van der Waals surface area contributed by atoms with Gasteiger partial charge in [0.15, 0.2) is 0 Å². The SMILES string of the molecule is O=C1C(=O)N(CC(O)CCl)c2ccc([N+](=O)[O-])cc21. The van der Waals surface area contributed by atoms with Crippen LogP contribution < -0.4 is 4.90 Å². The molecule has 0 bridgehead atoms. The van der Waals surface area contributed by atoms with E-state index in [0.717, 1.165) is 11.0 Å². The third kappa shape index (κ3) is 2.29. The number of ketones is 1. The standard InChI is InChI=1S/C11H9ClN2O5/c12-4-7(15)5-13-9-2-1-6(14(18)19)3-8(9)10(16)11(13)17/h1-3,7,15H,4-5H2. The van der Waals surface area contributed by atoms with Crippen molar-refractivity contribution in [2.24, 2.45) is 0 Å². The highest BCUT2D eigenvalue weighted by Gasteiger charge is 2.37. The lowest BCUT2D eigenvalue weighted by atomic mass is 10.1. The Bertz CT molecular complexity index is 574. The second kappa shape index (κ2) is 4.94. The number of halogens is 1. The van der Waals surface area contributed by atoms with Gasteiger partial charge in [0.25, 0.3) is 17.4 Å². The fourth-order valence-electron chi connectivity index (χ4n) is 1.84. The van der Waals surface area contributed by atoms with E-state index in [-0.39, 0.29) is 29.4 Å². The maximum atomic E-state index is 11.7. The van der Waals surface area contributed by atoms with Crippen molar-refractivity contribution in [3.8, 4) is 0 Å². The molecule has 1 amide bonds. The van der Waals surface area contributed by atoms with Crippen molar-refractivity contribution in [1.82, 2.24) is 0 Å². The van der Waals surface area contributed by atoms with Crippen molar-refractivity contribution in [3.05, 3.63) is 33.9 Å². The molecule has 8 heteroatoms. The van der Waals surface area contributed by atoms with Crippen molar-refractivity contribution in [2.45, 2.75) is 6.10 Å². The average molecular weight is 285 g/mol. The lowest BCUT2D eigenvalue weighted by Gasteiger charge is -2.18. The van der Waals surface area contributed by atoms with E-state index in [9.17, 15) is 24.8 Å². The molecule has 0 saturated heterocycles. The molecule has 1 aromatic rings. The lowest BCUT2D eigenvalue weighted by Crippen LogP contribution is -2.37. The zero-order valence-corrected chi connectivity index (χ0v) is 10.3. The maximum Gasteiger partial charge on any atom is 0.299 e. The molecule has 2 rings (SSSR count). The lowest BCUT2D eigenvalue weighted by molar-refractivity contribution is -0.384. The van der Waals surface area contributed by atoms with Crippen LogP contribution in [0.4, 0.5) is 11.4 Å². The van der Waals surface area contributed by atoms with E-state index >= 15 is 0 Å². The Morgan fingerprint density at radius 2 is 2.11 bits per heavy atom. The molecule has 7 nitrogen and oxygen atoms in total. The van der Waals surface area contributed by atoms with Gasteiger partial charge in [0.05, 0.1) is 34.7 Å². The number of non-ortho nitro benzene ring substituents is 1. The molecule has 1 unspecified atom stereocenters. The number of aliphatic hydroxyl groups excluding tert-OH is 1.